The second-order valence-electron chi connectivity index (χ2n) is 4.14. The Balaban J connectivity index is 2.37. The molecular formula is C12H16N4O2S. The van der Waals surface area contributed by atoms with E-state index in [0.717, 1.165) is 12.0 Å². The van der Waals surface area contributed by atoms with Crippen LogP contribution in [0.5, 0.6) is 0 Å². The maximum absolute atomic E-state index is 12.4. The average Bonchev–Trinajstić information content (AvgIpc) is 2.85. The summed E-state index contributed by atoms with van der Waals surface area (Å²) in [4.78, 5) is -0.0189. The third-order valence-electron chi connectivity index (χ3n) is 2.98. The van der Waals surface area contributed by atoms with Gasteiger partial charge in [0.15, 0.2) is 0 Å². The van der Waals surface area contributed by atoms with Gasteiger partial charge in [0.25, 0.3) is 10.0 Å². The van der Waals surface area contributed by atoms with Gasteiger partial charge in [-0.3, -0.25) is 9.40 Å². The number of sulfonamides is 1. The summed E-state index contributed by atoms with van der Waals surface area (Å²) in [6.07, 6.45) is 2.12. The Labute approximate surface area is 112 Å². The van der Waals surface area contributed by atoms with Gasteiger partial charge in [0, 0.05) is 7.05 Å². The monoisotopic (exact) mass is 280 g/mol. The van der Waals surface area contributed by atoms with Gasteiger partial charge >= 0.3 is 0 Å². The first kappa shape index (κ1) is 13.4. The summed E-state index contributed by atoms with van der Waals surface area (Å²) in [6.45, 7) is 2.04. The van der Waals surface area contributed by atoms with Crippen LogP contribution in [-0.2, 0) is 16.4 Å². The third kappa shape index (κ3) is 2.41. The van der Waals surface area contributed by atoms with Crippen LogP contribution in [0.1, 0.15) is 12.5 Å². The van der Waals surface area contributed by atoms with Crippen LogP contribution in [0.25, 0.3) is 0 Å². The maximum atomic E-state index is 12.4. The quantitative estimate of drug-likeness (QED) is 0.885. The van der Waals surface area contributed by atoms with Crippen LogP contribution in [0.15, 0.2) is 35.4 Å². The molecule has 102 valence electrons. The fourth-order valence-corrected chi connectivity index (χ4v) is 2.92. The number of aromatic nitrogens is 2. The molecule has 1 heterocycles. The number of H-pyrrole nitrogens is 1. The first-order valence-corrected chi connectivity index (χ1v) is 7.27. The molecule has 0 unspecified atom stereocenters. The number of aryl methyl sites for hydroxylation is 1. The van der Waals surface area contributed by atoms with Crippen molar-refractivity contribution in [1.82, 2.24) is 10.2 Å². The first-order chi connectivity index (χ1) is 8.96. The number of nitrogen functional groups attached to an aromatic ring is 1. The van der Waals surface area contributed by atoms with Crippen LogP contribution < -0.4 is 10.0 Å². The molecule has 1 aromatic heterocycles. The fraction of sp³-hybridized carbons (Fsp3) is 0.250. The van der Waals surface area contributed by atoms with Crippen molar-refractivity contribution in [2.24, 2.45) is 0 Å². The number of rotatable bonds is 4. The molecule has 0 saturated carbocycles. The molecule has 3 N–H and O–H groups in total. The number of nitrogens with zero attached hydrogens (tertiary/aromatic N) is 2. The zero-order valence-electron chi connectivity index (χ0n) is 10.8. The van der Waals surface area contributed by atoms with Crippen molar-refractivity contribution in [2.75, 3.05) is 17.1 Å². The Kier molecular flexibility index (Phi) is 3.48. The van der Waals surface area contributed by atoms with Crippen molar-refractivity contribution in [3.63, 3.8) is 0 Å². The molecule has 2 aromatic rings. The molecule has 0 amide bonds. The van der Waals surface area contributed by atoms with E-state index in [1.54, 1.807) is 12.1 Å². The lowest BCUT2D eigenvalue weighted by Gasteiger charge is -2.19. The lowest BCUT2D eigenvalue weighted by molar-refractivity contribution is 0.595. The summed E-state index contributed by atoms with van der Waals surface area (Å²) in [7, 11) is -2.20. The van der Waals surface area contributed by atoms with Crippen LogP contribution in [0.2, 0.25) is 0 Å². The molecule has 0 aliphatic rings. The SMILES string of the molecule is CCc1ccc(N(C)S(=O)(=O)c2cn[nH]c2N)cc1. The summed E-state index contributed by atoms with van der Waals surface area (Å²) in [5.74, 6) is 0.0389. The van der Waals surface area contributed by atoms with E-state index in [1.807, 2.05) is 19.1 Å². The van der Waals surface area contributed by atoms with E-state index in [1.165, 1.54) is 17.5 Å². The van der Waals surface area contributed by atoms with Gasteiger partial charge in [-0.1, -0.05) is 19.1 Å². The van der Waals surface area contributed by atoms with Crippen LogP contribution >= 0.6 is 0 Å². The Bertz CT molecular complexity index is 661. The van der Waals surface area contributed by atoms with E-state index >= 15 is 0 Å². The molecule has 0 atom stereocenters. The smallest absolute Gasteiger partial charge is 0.269 e. The summed E-state index contributed by atoms with van der Waals surface area (Å²) in [6, 6.07) is 7.35. The number of hydrogen-bond acceptors (Lipinski definition) is 4. The van der Waals surface area contributed by atoms with E-state index in [0.29, 0.717) is 5.69 Å². The van der Waals surface area contributed by atoms with Crippen LogP contribution in [0, 0.1) is 0 Å². The number of anilines is 2. The van der Waals surface area contributed by atoms with E-state index in [2.05, 4.69) is 10.2 Å². The molecule has 19 heavy (non-hydrogen) atoms. The second-order valence-corrected chi connectivity index (χ2v) is 6.08. The van der Waals surface area contributed by atoms with Gasteiger partial charge in [0.1, 0.15) is 10.7 Å². The summed E-state index contributed by atoms with van der Waals surface area (Å²) in [5, 5.41) is 6.06. The first-order valence-electron chi connectivity index (χ1n) is 5.83. The van der Waals surface area contributed by atoms with Gasteiger partial charge in [-0.2, -0.15) is 5.10 Å². The van der Waals surface area contributed by atoms with Gasteiger partial charge in [0.2, 0.25) is 0 Å². The number of aromatic amines is 1. The van der Waals surface area contributed by atoms with Crippen molar-refractivity contribution in [3.05, 3.63) is 36.0 Å². The Morgan fingerprint density at radius 3 is 2.42 bits per heavy atom. The lowest BCUT2D eigenvalue weighted by Crippen LogP contribution is -2.26. The van der Waals surface area contributed by atoms with Crippen molar-refractivity contribution >= 4 is 21.5 Å². The number of benzene rings is 1. The van der Waals surface area contributed by atoms with Crippen molar-refractivity contribution < 1.29 is 8.42 Å². The summed E-state index contributed by atoms with van der Waals surface area (Å²) in [5.41, 5.74) is 7.30. The van der Waals surface area contributed by atoms with Crippen LogP contribution in [0.3, 0.4) is 0 Å². The number of nitrogens with one attached hydrogen (secondary N) is 1. The minimum Gasteiger partial charge on any atom is -0.383 e. The van der Waals surface area contributed by atoms with Crippen molar-refractivity contribution in [3.8, 4) is 0 Å². The van der Waals surface area contributed by atoms with Crippen LogP contribution in [0.4, 0.5) is 11.5 Å². The highest BCUT2D eigenvalue weighted by Gasteiger charge is 2.25. The Morgan fingerprint density at radius 2 is 1.95 bits per heavy atom. The Morgan fingerprint density at radius 1 is 1.32 bits per heavy atom. The largest absolute Gasteiger partial charge is 0.383 e. The normalized spacial score (nSPS) is 11.5. The third-order valence-corrected chi connectivity index (χ3v) is 4.79. The van der Waals surface area contributed by atoms with E-state index in [4.69, 9.17) is 5.73 Å². The lowest BCUT2D eigenvalue weighted by atomic mass is 10.1. The molecular weight excluding hydrogens is 264 g/mol. The molecule has 0 fully saturated rings. The van der Waals surface area contributed by atoms with E-state index < -0.39 is 10.0 Å². The van der Waals surface area contributed by atoms with E-state index in [9.17, 15) is 8.42 Å². The minimum absolute atomic E-state index is 0.0189. The van der Waals surface area contributed by atoms with E-state index in [-0.39, 0.29) is 10.7 Å². The Hall–Kier alpha value is -2.02. The highest BCUT2D eigenvalue weighted by atomic mass is 32.2. The summed E-state index contributed by atoms with van der Waals surface area (Å²) < 4.78 is 25.9. The van der Waals surface area contributed by atoms with Gasteiger partial charge in [-0.15, -0.1) is 0 Å². The topological polar surface area (TPSA) is 92.1 Å². The number of hydrogen-bond donors (Lipinski definition) is 2. The predicted octanol–water partition coefficient (Wildman–Crippen LogP) is 1.38. The molecule has 0 spiro atoms. The molecule has 0 aliphatic carbocycles. The average molecular weight is 280 g/mol. The zero-order valence-corrected chi connectivity index (χ0v) is 11.6. The second kappa shape index (κ2) is 4.93. The molecule has 7 heteroatoms. The fourth-order valence-electron chi connectivity index (χ4n) is 1.72. The van der Waals surface area contributed by atoms with Crippen LogP contribution in [-0.4, -0.2) is 25.7 Å². The standard InChI is InChI=1S/C12H16N4O2S/c1-3-9-4-6-10(7-5-9)16(2)19(17,18)11-8-14-15-12(11)13/h4-8H,3H2,1-2H3,(H3,13,14,15). The molecule has 0 bridgehead atoms. The highest BCUT2D eigenvalue weighted by molar-refractivity contribution is 7.93. The minimum atomic E-state index is -3.68. The van der Waals surface area contributed by atoms with Gasteiger partial charge in [-0.25, -0.2) is 8.42 Å². The molecule has 0 saturated heterocycles. The molecule has 1 aromatic carbocycles. The van der Waals surface area contributed by atoms with Crippen molar-refractivity contribution in [1.29, 1.82) is 0 Å². The van der Waals surface area contributed by atoms with Gasteiger partial charge in [-0.05, 0) is 24.1 Å². The number of nitrogens with two attached hydrogens (primary N) is 1. The maximum Gasteiger partial charge on any atom is 0.269 e. The van der Waals surface area contributed by atoms with Gasteiger partial charge in [0.05, 0.1) is 11.9 Å². The summed E-state index contributed by atoms with van der Waals surface area (Å²) >= 11 is 0. The molecule has 0 aliphatic heterocycles. The molecule has 6 nitrogen and oxygen atoms in total. The highest BCUT2D eigenvalue weighted by Crippen LogP contribution is 2.24. The van der Waals surface area contributed by atoms with Gasteiger partial charge < -0.3 is 5.73 Å². The molecule has 2 rings (SSSR count). The predicted molar refractivity (Wildman–Crippen MR) is 74.4 cm³/mol. The molecule has 0 radical (unpaired) electrons. The van der Waals surface area contributed by atoms with Crippen molar-refractivity contribution in [2.45, 2.75) is 18.2 Å². The zero-order chi connectivity index (χ0) is 14.0.